The Morgan fingerprint density at radius 1 is 1.14 bits per heavy atom. The van der Waals surface area contributed by atoms with Crippen LogP contribution in [0.2, 0.25) is 0 Å². The van der Waals surface area contributed by atoms with Gasteiger partial charge in [0, 0.05) is 12.0 Å². The summed E-state index contributed by atoms with van der Waals surface area (Å²) in [6.45, 7) is 10.9. The predicted molar refractivity (Wildman–Crippen MR) is 114 cm³/mol. The molecule has 1 aliphatic heterocycles. The third-order valence-electron chi connectivity index (χ3n) is 5.84. The van der Waals surface area contributed by atoms with E-state index in [0.717, 1.165) is 35.5 Å². The predicted octanol–water partition coefficient (Wildman–Crippen LogP) is 5.60. The molecule has 0 radical (unpaired) electrons. The Balaban J connectivity index is 1.86. The van der Waals surface area contributed by atoms with Crippen molar-refractivity contribution in [2.75, 3.05) is 0 Å². The van der Waals surface area contributed by atoms with Crippen LogP contribution in [-0.4, -0.2) is 16.8 Å². The highest BCUT2D eigenvalue weighted by molar-refractivity contribution is 5.59. The molecular formula is C25H32O3. The highest BCUT2D eigenvalue weighted by atomic mass is 16.5. The molecule has 0 amide bonds. The second kappa shape index (κ2) is 8.40. The van der Waals surface area contributed by atoms with E-state index < -0.39 is 6.10 Å². The molecule has 0 spiro atoms. The van der Waals surface area contributed by atoms with Crippen molar-refractivity contribution < 1.29 is 14.6 Å². The van der Waals surface area contributed by atoms with Crippen LogP contribution in [0.5, 0.6) is 11.5 Å². The zero-order chi connectivity index (χ0) is 20.3. The molecule has 3 nitrogen and oxygen atoms in total. The molecular weight excluding hydrogens is 348 g/mol. The van der Waals surface area contributed by atoms with Crippen LogP contribution in [0.25, 0.3) is 0 Å². The van der Waals surface area contributed by atoms with Gasteiger partial charge in [-0.3, -0.25) is 0 Å². The fourth-order valence-corrected chi connectivity index (χ4v) is 4.10. The normalized spacial score (nSPS) is 19.9. The molecule has 0 unspecified atom stereocenters. The van der Waals surface area contributed by atoms with Crippen molar-refractivity contribution in [3.63, 3.8) is 0 Å². The molecule has 28 heavy (non-hydrogen) atoms. The van der Waals surface area contributed by atoms with Crippen LogP contribution in [0.15, 0.2) is 42.5 Å². The van der Waals surface area contributed by atoms with Gasteiger partial charge in [-0.2, -0.15) is 0 Å². The molecule has 2 atom stereocenters. The van der Waals surface area contributed by atoms with Crippen molar-refractivity contribution in [1.82, 2.24) is 0 Å². The Morgan fingerprint density at radius 3 is 2.54 bits per heavy atom. The standard InChI is InChI=1S/C25H32O3/c1-6-10-21(26)15-25(5)14-13-22-19(4)23(17(2)18(3)24(22)28-25)27-16-20-11-8-7-9-12-20/h6-12,21,26H,13-16H2,1-5H3/t21-,25+/m1/s1. The molecule has 1 aliphatic rings. The van der Waals surface area contributed by atoms with Crippen LogP contribution in [-0.2, 0) is 13.0 Å². The van der Waals surface area contributed by atoms with Crippen molar-refractivity contribution in [1.29, 1.82) is 0 Å². The maximum Gasteiger partial charge on any atom is 0.127 e. The van der Waals surface area contributed by atoms with Crippen molar-refractivity contribution in [3.8, 4) is 11.5 Å². The van der Waals surface area contributed by atoms with Gasteiger partial charge in [0.15, 0.2) is 0 Å². The minimum atomic E-state index is -0.479. The lowest BCUT2D eigenvalue weighted by Crippen LogP contribution is -2.40. The second-order valence-electron chi connectivity index (χ2n) is 8.14. The van der Waals surface area contributed by atoms with Crippen LogP contribution in [0, 0.1) is 20.8 Å². The van der Waals surface area contributed by atoms with Gasteiger partial charge in [-0.25, -0.2) is 0 Å². The zero-order valence-corrected chi connectivity index (χ0v) is 17.7. The smallest absolute Gasteiger partial charge is 0.127 e. The summed E-state index contributed by atoms with van der Waals surface area (Å²) in [4.78, 5) is 0. The minimum Gasteiger partial charge on any atom is -0.488 e. The molecule has 3 rings (SSSR count). The summed E-state index contributed by atoms with van der Waals surface area (Å²) in [5, 5.41) is 10.2. The van der Waals surface area contributed by atoms with Gasteiger partial charge in [-0.15, -0.1) is 0 Å². The number of aliphatic hydroxyl groups excluding tert-OH is 1. The van der Waals surface area contributed by atoms with E-state index in [9.17, 15) is 5.11 Å². The molecule has 2 aromatic rings. The summed E-state index contributed by atoms with van der Waals surface area (Å²) in [5.74, 6) is 1.95. The number of benzene rings is 2. The van der Waals surface area contributed by atoms with Crippen molar-refractivity contribution in [2.24, 2.45) is 0 Å². The molecule has 0 aromatic heterocycles. The topological polar surface area (TPSA) is 38.7 Å². The lowest BCUT2D eigenvalue weighted by atomic mass is 9.84. The molecule has 0 aliphatic carbocycles. The Bertz CT molecular complexity index is 854. The summed E-state index contributed by atoms with van der Waals surface area (Å²) < 4.78 is 12.7. The average molecular weight is 381 g/mol. The SMILES string of the molecule is CC=C[C@@H](O)C[C@]1(C)CCc2c(C)c(OCc3ccccc3)c(C)c(C)c2O1. The van der Waals surface area contributed by atoms with E-state index in [1.54, 1.807) is 0 Å². The minimum absolute atomic E-state index is 0.359. The molecule has 1 heterocycles. The number of hydrogen-bond acceptors (Lipinski definition) is 3. The number of allylic oxidation sites excluding steroid dienone is 1. The summed E-state index contributed by atoms with van der Waals surface area (Å²) in [6, 6.07) is 10.3. The molecule has 0 saturated carbocycles. The lowest BCUT2D eigenvalue weighted by Gasteiger charge is -2.39. The first kappa shape index (κ1) is 20.5. The molecule has 1 N–H and O–H groups in total. The fourth-order valence-electron chi connectivity index (χ4n) is 4.10. The van der Waals surface area contributed by atoms with Gasteiger partial charge < -0.3 is 14.6 Å². The van der Waals surface area contributed by atoms with Gasteiger partial charge in [0.2, 0.25) is 0 Å². The van der Waals surface area contributed by atoms with E-state index in [0.29, 0.717) is 13.0 Å². The molecule has 2 aromatic carbocycles. The van der Waals surface area contributed by atoms with E-state index in [-0.39, 0.29) is 5.60 Å². The van der Waals surface area contributed by atoms with Crippen LogP contribution in [0.1, 0.15) is 54.5 Å². The molecule has 0 bridgehead atoms. The van der Waals surface area contributed by atoms with E-state index in [1.165, 1.54) is 16.7 Å². The Kier molecular flexibility index (Phi) is 6.14. The van der Waals surface area contributed by atoms with Gasteiger partial charge in [0.25, 0.3) is 0 Å². The van der Waals surface area contributed by atoms with Gasteiger partial charge in [0.05, 0.1) is 6.10 Å². The molecule has 150 valence electrons. The summed E-state index contributed by atoms with van der Waals surface area (Å²) in [7, 11) is 0. The first-order chi connectivity index (χ1) is 13.3. The molecule has 0 fully saturated rings. The van der Waals surface area contributed by atoms with E-state index in [1.807, 2.05) is 37.3 Å². The third kappa shape index (κ3) is 4.25. The number of hydrogen-bond donors (Lipinski definition) is 1. The number of rotatable bonds is 6. The second-order valence-corrected chi connectivity index (χ2v) is 8.14. The Morgan fingerprint density at radius 2 is 1.86 bits per heavy atom. The van der Waals surface area contributed by atoms with Crippen molar-refractivity contribution >= 4 is 0 Å². The lowest BCUT2D eigenvalue weighted by molar-refractivity contribution is 0.0213. The van der Waals surface area contributed by atoms with Crippen LogP contribution in [0.3, 0.4) is 0 Å². The summed E-state index contributed by atoms with van der Waals surface area (Å²) >= 11 is 0. The van der Waals surface area contributed by atoms with Crippen LogP contribution in [0.4, 0.5) is 0 Å². The monoisotopic (exact) mass is 380 g/mol. The molecule has 3 heteroatoms. The average Bonchev–Trinajstić information content (AvgIpc) is 2.67. The maximum atomic E-state index is 10.2. The van der Waals surface area contributed by atoms with Crippen LogP contribution >= 0.6 is 0 Å². The van der Waals surface area contributed by atoms with Crippen molar-refractivity contribution in [2.45, 2.75) is 72.2 Å². The number of aliphatic hydroxyl groups is 1. The molecule has 0 saturated heterocycles. The quantitative estimate of drug-likeness (QED) is 0.663. The first-order valence-corrected chi connectivity index (χ1v) is 10.1. The summed E-state index contributed by atoms with van der Waals surface area (Å²) in [5.41, 5.74) is 5.48. The van der Waals surface area contributed by atoms with E-state index in [2.05, 4.69) is 39.8 Å². The van der Waals surface area contributed by atoms with Crippen molar-refractivity contribution in [3.05, 3.63) is 70.3 Å². The highest BCUT2D eigenvalue weighted by Gasteiger charge is 2.36. The van der Waals surface area contributed by atoms with Crippen LogP contribution < -0.4 is 9.47 Å². The largest absolute Gasteiger partial charge is 0.488 e. The van der Waals surface area contributed by atoms with E-state index in [4.69, 9.17) is 9.47 Å². The summed E-state index contributed by atoms with van der Waals surface area (Å²) in [6.07, 6.45) is 5.65. The zero-order valence-electron chi connectivity index (χ0n) is 17.7. The van der Waals surface area contributed by atoms with Gasteiger partial charge in [-0.05, 0) is 69.7 Å². The number of ether oxygens (including phenoxy) is 2. The maximum absolute atomic E-state index is 10.2. The third-order valence-corrected chi connectivity index (χ3v) is 5.84. The highest BCUT2D eigenvalue weighted by Crippen LogP contribution is 2.45. The van der Waals surface area contributed by atoms with Gasteiger partial charge in [0.1, 0.15) is 23.7 Å². The first-order valence-electron chi connectivity index (χ1n) is 10.1. The Hall–Kier alpha value is -2.26. The Labute approximate surface area is 169 Å². The van der Waals surface area contributed by atoms with E-state index >= 15 is 0 Å². The van der Waals surface area contributed by atoms with Gasteiger partial charge >= 0.3 is 0 Å². The number of fused-ring (bicyclic) bond motifs is 1. The van der Waals surface area contributed by atoms with Gasteiger partial charge in [-0.1, -0.05) is 42.5 Å². The fraction of sp³-hybridized carbons (Fsp3) is 0.440.